The van der Waals surface area contributed by atoms with Crippen LogP contribution in [0.15, 0.2) is 47.1 Å². The van der Waals surface area contributed by atoms with E-state index >= 15 is 0 Å². The third-order valence-corrected chi connectivity index (χ3v) is 4.32. The van der Waals surface area contributed by atoms with Crippen LogP contribution < -0.4 is 10.1 Å². The van der Waals surface area contributed by atoms with Crippen LogP contribution in [0, 0.1) is 13.8 Å². The molecule has 0 saturated heterocycles. The molecule has 0 aliphatic heterocycles. The maximum atomic E-state index is 12.2. The molecule has 4 heteroatoms. The fourth-order valence-corrected chi connectivity index (χ4v) is 2.74. The number of carbonyl (C=O) groups excluding carboxylic acids is 1. The lowest BCUT2D eigenvalue weighted by Crippen LogP contribution is -2.24. The van der Waals surface area contributed by atoms with Crippen LogP contribution in [0.5, 0.6) is 5.75 Å². The normalized spacial score (nSPS) is 10.8. The predicted molar refractivity (Wildman–Crippen MR) is 94.2 cm³/mol. The van der Waals surface area contributed by atoms with Crippen LogP contribution in [0.1, 0.15) is 22.3 Å². The maximum Gasteiger partial charge on any atom is 0.224 e. The first-order chi connectivity index (χ1) is 11.6. The molecule has 1 N–H and O–H groups in total. The zero-order valence-electron chi connectivity index (χ0n) is 14.2. The van der Waals surface area contributed by atoms with E-state index < -0.39 is 0 Å². The molecule has 1 heterocycles. The lowest BCUT2D eigenvalue weighted by molar-refractivity contribution is -0.120. The van der Waals surface area contributed by atoms with Crippen molar-refractivity contribution in [3.05, 3.63) is 64.9 Å². The van der Waals surface area contributed by atoms with Gasteiger partial charge in [0.1, 0.15) is 11.3 Å². The molecule has 1 amide bonds. The van der Waals surface area contributed by atoms with Crippen LogP contribution in [0.25, 0.3) is 11.0 Å². The van der Waals surface area contributed by atoms with Crippen molar-refractivity contribution >= 4 is 16.9 Å². The molecule has 0 aliphatic rings. The highest BCUT2D eigenvalue weighted by Crippen LogP contribution is 2.26. The van der Waals surface area contributed by atoms with E-state index in [-0.39, 0.29) is 5.91 Å². The number of fused-ring (bicyclic) bond motifs is 1. The van der Waals surface area contributed by atoms with Crippen molar-refractivity contribution in [2.75, 3.05) is 7.11 Å². The number of ether oxygens (including phenoxy) is 1. The Morgan fingerprint density at radius 2 is 2.04 bits per heavy atom. The van der Waals surface area contributed by atoms with Gasteiger partial charge in [0, 0.05) is 17.5 Å². The second kappa shape index (κ2) is 6.79. The second-order valence-corrected chi connectivity index (χ2v) is 5.95. The monoisotopic (exact) mass is 323 g/mol. The van der Waals surface area contributed by atoms with E-state index in [1.165, 1.54) is 5.56 Å². The summed E-state index contributed by atoms with van der Waals surface area (Å²) in [4.78, 5) is 12.2. The Hall–Kier alpha value is -2.75. The van der Waals surface area contributed by atoms with Gasteiger partial charge < -0.3 is 14.5 Å². The molecule has 3 rings (SSSR count). The summed E-state index contributed by atoms with van der Waals surface area (Å²) in [5.74, 6) is 0.757. The first-order valence-electron chi connectivity index (χ1n) is 7.94. The molecule has 0 atom stereocenters. The van der Waals surface area contributed by atoms with E-state index in [0.717, 1.165) is 33.4 Å². The van der Waals surface area contributed by atoms with Crippen LogP contribution in [0.2, 0.25) is 0 Å². The van der Waals surface area contributed by atoms with Gasteiger partial charge in [-0.25, -0.2) is 0 Å². The molecule has 3 aromatic rings. The third-order valence-electron chi connectivity index (χ3n) is 4.32. The summed E-state index contributed by atoms with van der Waals surface area (Å²) in [5.41, 5.74) is 5.09. The minimum Gasteiger partial charge on any atom is -0.497 e. The number of hydrogen-bond donors (Lipinski definition) is 1. The molecule has 24 heavy (non-hydrogen) atoms. The van der Waals surface area contributed by atoms with Gasteiger partial charge in [0.2, 0.25) is 5.91 Å². The summed E-state index contributed by atoms with van der Waals surface area (Å²) in [5, 5.41) is 3.95. The van der Waals surface area contributed by atoms with Gasteiger partial charge in [-0.1, -0.05) is 24.3 Å². The molecule has 2 aromatic carbocycles. The fourth-order valence-electron chi connectivity index (χ4n) is 2.74. The number of hydrogen-bond acceptors (Lipinski definition) is 3. The molecular weight excluding hydrogens is 302 g/mol. The molecule has 0 spiro atoms. The molecule has 0 unspecified atom stereocenters. The van der Waals surface area contributed by atoms with Crippen molar-refractivity contribution in [3.8, 4) is 5.75 Å². The second-order valence-electron chi connectivity index (χ2n) is 5.95. The first kappa shape index (κ1) is 16.1. The highest BCUT2D eigenvalue weighted by atomic mass is 16.5. The summed E-state index contributed by atoms with van der Waals surface area (Å²) < 4.78 is 10.8. The predicted octanol–water partition coefficient (Wildman–Crippen LogP) is 3.92. The van der Waals surface area contributed by atoms with Crippen LogP contribution in [-0.2, 0) is 17.8 Å². The Morgan fingerprint density at radius 1 is 1.21 bits per heavy atom. The molecule has 4 nitrogen and oxygen atoms in total. The van der Waals surface area contributed by atoms with Crippen molar-refractivity contribution < 1.29 is 13.9 Å². The summed E-state index contributed by atoms with van der Waals surface area (Å²) >= 11 is 0. The van der Waals surface area contributed by atoms with Crippen molar-refractivity contribution in [1.82, 2.24) is 5.32 Å². The van der Waals surface area contributed by atoms with Crippen molar-refractivity contribution in [3.63, 3.8) is 0 Å². The van der Waals surface area contributed by atoms with Crippen molar-refractivity contribution in [2.24, 2.45) is 0 Å². The lowest BCUT2D eigenvalue weighted by atomic mass is 10.0. The number of nitrogens with one attached hydrogen (secondary N) is 1. The van der Waals surface area contributed by atoms with Crippen LogP contribution in [0.3, 0.4) is 0 Å². The van der Waals surface area contributed by atoms with Crippen LogP contribution >= 0.6 is 0 Å². The molecular formula is C20H21NO3. The summed E-state index contributed by atoms with van der Waals surface area (Å²) in [6.07, 6.45) is 1.99. The molecule has 0 radical (unpaired) electrons. The Kier molecular flexibility index (Phi) is 4.56. The summed E-state index contributed by atoms with van der Waals surface area (Å²) in [6, 6.07) is 11.8. The highest BCUT2D eigenvalue weighted by Gasteiger charge is 2.12. The number of aryl methyl sites for hydroxylation is 2. The van der Waals surface area contributed by atoms with Gasteiger partial charge in [0.25, 0.3) is 0 Å². The van der Waals surface area contributed by atoms with Gasteiger partial charge in [-0.05, 0) is 42.7 Å². The zero-order chi connectivity index (χ0) is 17.1. The van der Waals surface area contributed by atoms with Crippen molar-refractivity contribution in [2.45, 2.75) is 26.8 Å². The molecule has 0 saturated carbocycles. The van der Waals surface area contributed by atoms with Gasteiger partial charge in [0.15, 0.2) is 0 Å². The molecule has 1 aromatic heterocycles. The largest absolute Gasteiger partial charge is 0.497 e. The van der Waals surface area contributed by atoms with Gasteiger partial charge in [-0.2, -0.15) is 0 Å². The number of rotatable bonds is 5. The molecule has 124 valence electrons. The Morgan fingerprint density at radius 3 is 2.83 bits per heavy atom. The van der Waals surface area contributed by atoms with Gasteiger partial charge in [-0.3, -0.25) is 4.79 Å². The van der Waals surface area contributed by atoms with Crippen LogP contribution in [-0.4, -0.2) is 13.0 Å². The number of benzene rings is 2. The van der Waals surface area contributed by atoms with E-state index in [1.54, 1.807) is 13.4 Å². The summed E-state index contributed by atoms with van der Waals surface area (Å²) in [7, 11) is 1.63. The van der Waals surface area contributed by atoms with Gasteiger partial charge in [0.05, 0.1) is 19.8 Å². The summed E-state index contributed by atoms with van der Waals surface area (Å²) in [6.45, 7) is 4.57. The fraction of sp³-hybridized carbons (Fsp3) is 0.250. The van der Waals surface area contributed by atoms with E-state index in [1.807, 2.05) is 37.3 Å². The minimum absolute atomic E-state index is 0.0289. The Labute approximate surface area is 141 Å². The zero-order valence-corrected chi connectivity index (χ0v) is 14.2. The lowest BCUT2D eigenvalue weighted by Gasteiger charge is -2.07. The Bertz CT molecular complexity index is 880. The average Bonchev–Trinajstić information content (AvgIpc) is 3.00. The van der Waals surface area contributed by atoms with E-state index in [9.17, 15) is 4.79 Å². The standard InChI is InChI=1S/C20H21NO3/c1-13-7-8-18-16(12-24-20(18)14(13)2)10-19(22)21-11-15-5-4-6-17(9-15)23-3/h4-9,12H,10-11H2,1-3H3,(H,21,22). The topological polar surface area (TPSA) is 51.5 Å². The average molecular weight is 323 g/mol. The molecule has 0 fully saturated rings. The van der Waals surface area contributed by atoms with E-state index in [0.29, 0.717) is 13.0 Å². The molecule has 0 aliphatic carbocycles. The highest BCUT2D eigenvalue weighted by molar-refractivity contribution is 5.89. The maximum absolute atomic E-state index is 12.2. The minimum atomic E-state index is -0.0289. The first-order valence-corrected chi connectivity index (χ1v) is 7.94. The Balaban J connectivity index is 1.68. The third kappa shape index (κ3) is 3.27. The van der Waals surface area contributed by atoms with Gasteiger partial charge in [-0.15, -0.1) is 0 Å². The van der Waals surface area contributed by atoms with Gasteiger partial charge >= 0.3 is 0 Å². The SMILES string of the molecule is COc1cccc(CNC(=O)Cc2coc3c(C)c(C)ccc23)c1. The number of amides is 1. The smallest absolute Gasteiger partial charge is 0.224 e. The number of furan rings is 1. The number of methoxy groups -OCH3 is 1. The molecule has 0 bridgehead atoms. The van der Waals surface area contributed by atoms with E-state index in [4.69, 9.17) is 9.15 Å². The van der Waals surface area contributed by atoms with Crippen molar-refractivity contribution in [1.29, 1.82) is 0 Å². The van der Waals surface area contributed by atoms with Crippen LogP contribution in [0.4, 0.5) is 0 Å². The number of carbonyl (C=O) groups is 1. The van der Waals surface area contributed by atoms with E-state index in [2.05, 4.69) is 18.3 Å². The quantitative estimate of drug-likeness (QED) is 0.774.